The molecule has 3 rings (SSSR count). The maximum Gasteiger partial charge on any atom is 0.253 e. The van der Waals surface area contributed by atoms with Crippen molar-refractivity contribution < 1.29 is 9.59 Å². The van der Waals surface area contributed by atoms with Gasteiger partial charge in [-0.15, -0.1) is 0 Å². The van der Waals surface area contributed by atoms with E-state index in [0.717, 1.165) is 36.9 Å². The molecule has 1 heterocycles. The fraction of sp³-hybridized carbons (Fsp3) is 0.364. The topological polar surface area (TPSA) is 94.9 Å². The molecule has 1 aliphatic carbocycles. The van der Waals surface area contributed by atoms with Gasteiger partial charge in [0.1, 0.15) is 11.1 Å². The van der Waals surface area contributed by atoms with Crippen LogP contribution in [0, 0.1) is 25.2 Å². The summed E-state index contributed by atoms with van der Waals surface area (Å²) in [6, 6.07) is 11.2. The number of aryl methyl sites for hydroxylation is 2. The van der Waals surface area contributed by atoms with Gasteiger partial charge in [-0.1, -0.05) is 36.7 Å². The number of benzene rings is 1. The highest BCUT2D eigenvalue weighted by Gasteiger charge is 2.20. The van der Waals surface area contributed by atoms with Gasteiger partial charge in [-0.25, -0.2) is 4.98 Å². The normalized spacial score (nSPS) is 13.7. The van der Waals surface area contributed by atoms with Gasteiger partial charge in [0, 0.05) is 11.7 Å². The number of hydrogen-bond donors (Lipinski definition) is 2. The minimum atomic E-state index is -0.249. The first-order valence-electron chi connectivity index (χ1n) is 9.69. The van der Waals surface area contributed by atoms with Crippen LogP contribution in [0.3, 0.4) is 0 Å². The van der Waals surface area contributed by atoms with E-state index in [1.54, 1.807) is 24.3 Å². The quantitative estimate of drug-likeness (QED) is 0.705. The fourth-order valence-corrected chi connectivity index (χ4v) is 4.39. The largest absolute Gasteiger partial charge is 0.349 e. The molecule has 2 aromatic rings. The van der Waals surface area contributed by atoms with E-state index in [1.165, 1.54) is 11.8 Å². The van der Waals surface area contributed by atoms with E-state index in [2.05, 4.69) is 21.7 Å². The highest BCUT2D eigenvalue weighted by atomic mass is 32.2. The van der Waals surface area contributed by atoms with Crippen LogP contribution in [0.15, 0.2) is 35.4 Å². The van der Waals surface area contributed by atoms with Crippen LogP contribution < -0.4 is 10.6 Å². The molecule has 0 radical (unpaired) electrons. The second-order valence-corrected chi connectivity index (χ2v) is 8.17. The summed E-state index contributed by atoms with van der Waals surface area (Å²) in [4.78, 5) is 29.5. The molecule has 150 valence electrons. The van der Waals surface area contributed by atoms with Crippen molar-refractivity contribution in [2.75, 3.05) is 11.1 Å². The third kappa shape index (κ3) is 5.36. The molecule has 1 aromatic heterocycles. The molecule has 7 heteroatoms. The lowest BCUT2D eigenvalue weighted by atomic mass is 10.1. The van der Waals surface area contributed by atoms with Crippen molar-refractivity contribution in [3.05, 3.63) is 52.7 Å². The molecule has 0 bridgehead atoms. The van der Waals surface area contributed by atoms with Gasteiger partial charge in [-0.3, -0.25) is 9.59 Å². The van der Waals surface area contributed by atoms with E-state index in [1.807, 2.05) is 19.9 Å². The Hall–Kier alpha value is -2.85. The van der Waals surface area contributed by atoms with Crippen molar-refractivity contribution in [2.45, 2.75) is 50.6 Å². The van der Waals surface area contributed by atoms with Crippen molar-refractivity contribution >= 4 is 29.3 Å². The molecule has 6 nitrogen and oxygen atoms in total. The number of thioether (sulfide) groups is 1. The Morgan fingerprint density at radius 1 is 1.24 bits per heavy atom. The number of pyridine rings is 1. The zero-order valence-electron chi connectivity index (χ0n) is 16.6. The van der Waals surface area contributed by atoms with E-state index in [4.69, 9.17) is 0 Å². The summed E-state index contributed by atoms with van der Waals surface area (Å²) < 4.78 is 0. The molecule has 1 aromatic carbocycles. The molecule has 29 heavy (non-hydrogen) atoms. The minimum Gasteiger partial charge on any atom is -0.349 e. The smallest absolute Gasteiger partial charge is 0.253 e. The molecule has 0 spiro atoms. The first-order valence-corrected chi connectivity index (χ1v) is 10.7. The molecular weight excluding hydrogens is 384 g/mol. The number of nitrogens with zero attached hydrogens (tertiary/aromatic N) is 2. The lowest BCUT2D eigenvalue weighted by Gasteiger charge is -2.15. The number of aromatic nitrogens is 1. The number of para-hydroxylation sites is 1. The molecule has 0 aliphatic heterocycles. The highest BCUT2D eigenvalue weighted by molar-refractivity contribution is 8.00. The Labute approximate surface area is 175 Å². The number of carbonyl (C=O) groups excluding carboxylic acids is 2. The van der Waals surface area contributed by atoms with Crippen LogP contribution in [0.4, 0.5) is 5.69 Å². The number of nitriles is 1. The molecule has 0 unspecified atom stereocenters. The molecule has 2 amide bonds. The van der Waals surface area contributed by atoms with Gasteiger partial charge in [0.25, 0.3) is 5.91 Å². The Bertz CT molecular complexity index is 962. The lowest BCUT2D eigenvalue weighted by Crippen LogP contribution is -2.33. The predicted molar refractivity (Wildman–Crippen MR) is 114 cm³/mol. The second kappa shape index (κ2) is 9.57. The summed E-state index contributed by atoms with van der Waals surface area (Å²) in [5.41, 5.74) is 3.09. The molecule has 0 saturated heterocycles. The van der Waals surface area contributed by atoms with Gasteiger partial charge in [0.2, 0.25) is 5.91 Å². The van der Waals surface area contributed by atoms with Gasteiger partial charge in [0.15, 0.2) is 0 Å². The Kier molecular flexibility index (Phi) is 6.89. The summed E-state index contributed by atoms with van der Waals surface area (Å²) in [6.07, 6.45) is 4.28. The summed E-state index contributed by atoms with van der Waals surface area (Å²) in [5, 5.41) is 15.8. The highest BCUT2D eigenvalue weighted by Crippen LogP contribution is 2.24. The van der Waals surface area contributed by atoms with Crippen LogP contribution in [0.1, 0.15) is 52.9 Å². The van der Waals surface area contributed by atoms with E-state index < -0.39 is 0 Å². The maximum atomic E-state index is 12.6. The zero-order valence-corrected chi connectivity index (χ0v) is 17.4. The van der Waals surface area contributed by atoms with Crippen LogP contribution in [0.25, 0.3) is 0 Å². The Balaban J connectivity index is 1.66. The molecular formula is C22H24N4O2S. The number of hydrogen-bond acceptors (Lipinski definition) is 5. The molecule has 1 aliphatic rings. The third-order valence-electron chi connectivity index (χ3n) is 4.90. The molecule has 0 atom stereocenters. The summed E-state index contributed by atoms with van der Waals surface area (Å²) in [6.45, 7) is 3.72. The number of nitrogens with one attached hydrogen (secondary N) is 2. The van der Waals surface area contributed by atoms with Crippen LogP contribution >= 0.6 is 11.8 Å². The van der Waals surface area contributed by atoms with Crippen LogP contribution in [-0.4, -0.2) is 28.6 Å². The average molecular weight is 409 g/mol. The maximum absolute atomic E-state index is 12.6. The molecule has 1 saturated carbocycles. The van der Waals surface area contributed by atoms with Gasteiger partial charge >= 0.3 is 0 Å². The number of amides is 2. The van der Waals surface area contributed by atoms with Gasteiger partial charge in [-0.05, 0) is 50.5 Å². The summed E-state index contributed by atoms with van der Waals surface area (Å²) in [5.74, 6) is -0.312. The molecule has 1 fully saturated rings. The van der Waals surface area contributed by atoms with Gasteiger partial charge < -0.3 is 10.6 Å². The van der Waals surface area contributed by atoms with E-state index in [-0.39, 0.29) is 23.6 Å². The van der Waals surface area contributed by atoms with E-state index in [9.17, 15) is 14.9 Å². The van der Waals surface area contributed by atoms with Crippen molar-refractivity contribution in [2.24, 2.45) is 0 Å². The predicted octanol–water partition coefficient (Wildman–Crippen LogP) is 3.97. The fourth-order valence-electron chi connectivity index (χ4n) is 3.49. The Morgan fingerprint density at radius 3 is 2.69 bits per heavy atom. The Morgan fingerprint density at radius 2 is 1.97 bits per heavy atom. The zero-order chi connectivity index (χ0) is 20.8. The number of rotatable bonds is 6. The first kappa shape index (κ1) is 20.9. The lowest BCUT2D eigenvalue weighted by molar-refractivity contribution is -0.113. The van der Waals surface area contributed by atoms with E-state index in [0.29, 0.717) is 21.8 Å². The van der Waals surface area contributed by atoms with Gasteiger partial charge in [0.05, 0.1) is 22.6 Å². The first-order chi connectivity index (χ1) is 14.0. The van der Waals surface area contributed by atoms with Crippen LogP contribution in [0.2, 0.25) is 0 Å². The molecule has 2 N–H and O–H groups in total. The third-order valence-corrected chi connectivity index (χ3v) is 5.87. The SMILES string of the molecule is Cc1cc(C)c(C#N)c(SCC(=O)Nc2ccccc2C(=O)NC2CCCC2)n1. The minimum absolute atomic E-state index is 0.100. The van der Waals surface area contributed by atoms with Crippen molar-refractivity contribution in [3.63, 3.8) is 0 Å². The summed E-state index contributed by atoms with van der Waals surface area (Å²) in [7, 11) is 0. The standard InChI is InChI=1S/C22H24N4O2S/c1-14-11-15(2)24-22(18(14)12-23)29-13-20(27)26-19-10-6-5-9-17(19)21(28)25-16-7-3-4-8-16/h5-6,9-11,16H,3-4,7-8,13H2,1-2H3,(H,25,28)(H,26,27). The van der Waals surface area contributed by atoms with E-state index >= 15 is 0 Å². The second-order valence-electron chi connectivity index (χ2n) is 7.21. The van der Waals surface area contributed by atoms with Gasteiger partial charge in [-0.2, -0.15) is 5.26 Å². The van der Waals surface area contributed by atoms with Crippen molar-refractivity contribution in [3.8, 4) is 6.07 Å². The number of anilines is 1. The van der Waals surface area contributed by atoms with Crippen LogP contribution in [-0.2, 0) is 4.79 Å². The monoisotopic (exact) mass is 408 g/mol. The summed E-state index contributed by atoms with van der Waals surface area (Å²) >= 11 is 1.22. The van der Waals surface area contributed by atoms with Crippen LogP contribution in [0.5, 0.6) is 0 Å². The average Bonchev–Trinajstić information content (AvgIpc) is 3.19. The van der Waals surface area contributed by atoms with Crippen molar-refractivity contribution in [1.82, 2.24) is 10.3 Å². The number of carbonyl (C=O) groups is 2. The van der Waals surface area contributed by atoms with Crippen molar-refractivity contribution in [1.29, 1.82) is 5.26 Å².